The highest BCUT2D eigenvalue weighted by atomic mass is 127. The predicted molar refractivity (Wildman–Crippen MR) is 140 cm³/mol. The number of benzene rings is 1. The highest BCUT2D eigenvalue weighted by Crippen LogP contribution is 2.45. The molecule has 1 unspecified atom stereocenters. The molecule has 3 heteroatoms. The lowest BCUT2D eigenvalue weighted by molar-refractivity contribution is 0.155. The van der Waals surface area contributed by atoms with Crippen LogP contribution in [0.2, 0.25) is 0 Å². The first-order chi connectivity index (χ1) is 15.7. The number of ether oxygens (including phenoxy) is 2. The molecule has 0 aliphatic heterocycles. The summed E-state index contributed by atoms with van der Waals surface area (Å²) in [5, 5.41) is 0. The van der Waals surface area contributed by atoms with Crippen LogP contribution in [0, 0.1) is 40.1 Å². The van der Waals surface area contributed by atoms with Crippen molar-refractivity contribution in [3.63, 3.8) is 0 Å². The molecule has 3 fully saturated rings. The zero-order valence-electron chi connectivity index (χ0n) is 19.9. The summed E-state index contributed by atoms with van der Waals surface area (Å²) >= 11 is 2.41. The molecule has 1 atom stereocenters. The van der Waals surface area contributed by atoms with Gasteiger partial charge >= 0.3 is 0 Å². The minimum atomic E-state index is 0.750. The second-order valence-corrected chi connectivity index (χ2v) is 12.2. The standard InChI is InChI=1S/C29H41IO2/c1-20-27(16-17-28(29(20)30)32-19-21-6-7-21)31-18-22-8-10-24(11-9-22)26-14-12-25(13-15-26)23-4-2-3-5-23/h8,16-17,21,23-26H,2-7,9-15,18-19H2,1H3. The number of allylic oxidation sites excluding steroid dienone is 1. The summed E-state index contributed by atoms with van der Waals surface area (Å²) in [7, 11) is 0. The van der Waals surface area contributed by atoms with Crippen LogP contribution in [-0.2, 0) is 0 Å². The van der Waals surface area contributed by atoms with Crippen molar-refractivity contribution in [1.82, 2.24) is 0 Å². The molecule has 0 saturated heterocycles. The molecule has 0 spiro atoms. The van der Waals surface area contributed by atoms with E-state index >= 15 is 0 Å². The summed E-state index contributed by atoms with van der Waals surface area (Å²) < 4.78 is 13.5. The average Bonchev–Trinajstić information content (AvgIpc) is 3.50. The van der Waals surface area contributed by atoms with Crippen LogP contribution in [0.25, 0.3) is 0 Å². The SMILES string of the molecule is Cc1c(OCC2=CCC(C3CCC(C4CCCC4)CC3)CC2)ccc(OCC2CC2)c1I. The van der Waals surface area contributed by atoms with Crippen LogP contribution >= 0.6 is 22.6 Å². The van der Waals surface area contributed by atoms with E-state index in [1.807, 2.05) is 0 Å². The molecule has 4 aliphatic carbocycles. The first-order valence-electron chi connectivity index (χ1n) is 13.4. The minimum absolute atomic E-state index is 0.750. The van der Waals surface area contributed by atoms with Gasteiger partial charge < -0.3 is 9.47 Å². The first kappa shape index (κ1) is 23.1. The molecule has 4 aliphatic rings. The van der Waals surface area contributed by atoms with Crippen LogP contribution in [0.4, 0.5) is 0 Å². The molecule has 5 rings (SSSR count). The Hall–Kier alpha value is -0.710. The van der Waals surface area contributed by atoms with Gasteiger partial charge in [-0.05, 0) is 135 Å². The lowest BCUT2D eigenvalue weighted by atomic mass is 9.69. The molecule has 0 N–H and O–H groups in total. The Labute approximate surface area is 209 Å². The maximum Gasteiger partial charge on any atom is 0.133 e. The van der Waals surface area contributed by atoms with E-state index in [9.17, 15) is 0 Å². The summed E-state index contributed by atoms with van der Waals surface area (Å²) in [6, 6.07) is 4.20. The van der Waals surface area contributed by atoms with E-state index in [0.29, 0.717) is 0 Å². The van der Waals surface area contributed by atoms with Gasteiger partial charge in [0.1, 0.15) is 18.1 Å². The Morgan fingerprint density at radius 3 is 2.09 bits per heavy atom. The fourth-order valence-corrected chi connectivity index (χ4v) is 7.16. The number of rotatable bonds is 8. The van der Waals surface area contributed by atoms with Gasteiger partial charge in [-0.25, -0.2) is 0 Å². The molecule has 0 heterocycles. The maximum absolute atomic E-state index is 6.27. The van der Waals surface area contributed by atoms with Gasteiger partial charge in [0.05, 0.1) is 10.2 Å². The Balaban J connectivity index is 1.08. The van der Waals surface area contributed by atoms with E-state index < -0.39 is 0 Å². The number of hydrogen-bond acceptors (Lipinski definition) is 2. The molecule has 2 nitrogen and oxygen atoms in total. The molecular formula is C29H41IO2. The first-order valence-corrected chi connectivity index (χ1v) is 14.5. The van der Waals surface area contributed by atoms with Crippen molar-refractivity contribution in [3.8, 4) is 11.5 Å². The van der Waals surface area contributed by atoms with Crippen molar-refractivity contribution in [1.29, 1.82) is 0 Å². The van der Waals surface area contributed by atoms with Gasteiger partial charge in [-0.1, -0.05) is 31.8 Å². The topological polar surface area (TPSA) is 18.5 Å². The molecule has 1 aromatic rings. The maximum atomic E-state index is 6.27. The minimum Gasteiger partial charge on any atom is -0.492 e. The van der Waals surface area contributed by atoms with E-state index in [1.165, 1.54) is 98.2 Å². The highest BCUT2D eigenvalue weighted by molar-refractivity contribution is 14.1. The molecule has 0 aromatic heterocycles. The van der Waals surface area contributed by atoms with Crippen LogP contribution in [0.5, 0.6) is 11.5 Å². The second kappa shape index (κ2) is 10.7. The lowest BCUT2D eigenvalue weighted by Crippen LogP contribution is -2.26. The Morgan fingerprint density at radius 2 is 1.44 bits per heavy atom. The van der Waals surface area contributed by atoms with Gasteiger partial charge in [-0.3, -0.25) is 0 Å². The van der Waals surface area contributed by atoms with Crippen LogP contribution in [-0.4, -0.2) is 13.2 Å². The Kier molecular flexibility index (Phi) is 7.70. The number of halogens is 1. The van der Waals surface area contributed by atoms with Gasteiger partial charge in [0.15, 0.2) is 0 Å². The van der Waals surface area contributed by atoms with Gasteiger partial charge in [0.2, 0.25) is 0 Å². The van der Waals surface area contributed by atoms with E-state index in [-0.39, 0.29) is 0 Å². The van der Waals surface area contributed by atoms with Gasteiger partial charge in [0.25, 0.3) is 0 Å². The largest absolute Gasteiger partial charge is 0.492 e. The fraction of sp³-hybridized carbons (Fsp3) is 0.724. The Morgan fingerprint density at radius 1 is 0.781 bits per heavy atom. The molecular weight excluding hydrogens is 507 g/mol. The third-order valence-electron chi connectivity index (χ3n) is 8.98. The van der Waals surface area contributed by atoms with E-state index in [4.69, 9.17) is 9.47 Å². The van der Waals surface area contributed by atoms with Crippen LogP contribution in [0.15, 0.2) is 23.8 Å². The number of hydrogen-bond donors (Lipinski definition) is 0. The predicted octanol–water partition coefficient (Wildman–Crippen LogP) is 8.49. The third kappa shape index (κ3) is 5.67. The molecule has 0 radical (unpaired) electrons. The molecule has 0 amide bonds. The molecule has 3 saturated carbocycles. The van der Waals surface area contributed by atoms with Gasteiger partial charge in [-0.15, -0.1) is 0 Å². The van der Waals surface area contributed by atoms with Crippen molar-refractivity contribution in [3.05, 3.63) is 32.9 Å². The lowest BCUT2D eigenvalue weighted by Gasteiger charge is -2.37. The smallest absolute Gasteiger partial charge is 0.133 e. The Bertz CT molecular complexity index is 798. The highest BCUT2D eigenvalue weighted by Gasteiger charge is 2.32. The molecule has 1 aromatic carbocycles. The van der Waals surface area contributed by atoms with Crippen molar-refractivity contribution in [2.75, 3.05) is 13.2 Å². The summed E-state index contributed by atoms with van der Waals surface area (Å²) in [6.45, 7) is 3.78. The summed E-state index contributed by atoms with van der Waals surface area (Å²) in [4.78, 5) is 0. The zero-order valence-corrected chi connectivity index (χ0v) is 22.1. The van der Waals surface area contributed by atoms with Crippen molar-refractivity contribution in [2.24, 2.45) is 29.6 Å². The van der Waals surface area contributed by atoms with Crippen molar-refractivity contribution >= 4 is 22.6 Å². The fourth-order valence-electron chi connectivity index (χ4n) is 6.56. The normalized spacial score (nSPS) is 29.1. The van der Waals surface area contributed by atoms with Crippen molar-refractivity contribution in [2.45, 2.75) is 90.4 Å². The summed E-state index contributed by atoms with van der Waals surface area (Å²) in [6.07, 6.45) is 21.1. The van der Waals surface area contributed by atoms with E-state index in [2.05, 4.69) is 47.7 Å². The van der Waals surface area contributed by atoms with Crippen LogP contribution in [0.1, 0.15) is 89.0 Å². The quantitative estimate of drug-likeness (QED) is 0.240. The van der Waals surface area contributed by atoms with Crippen LogP contribution in [0.3, 0.4) is 0 Å². The molecule has 0 bridgehead atoms. The summed E-state index contributed by atoms with van der Waals surface area (Å²) in [5.41, 5.74) is 2.72. The van der Waals surface area contributed by atoms with Crippen LogP contribution < -0.4 is 9.47 Å². The average molecular weight is 549 g/mol. The van der Waals surface area contributed by atoms with Gasteiger partial charge in [-0.2, -0.15) is 0 Å². The molecule has 32 heavy (non-hydrogen) atoms. The summed E-state index contributed by atoms with van der Waals surface area (Å²) in [5.74, 6) is 6.87. The zero-order chi connectivity index (χ0) is 21.9. The van der Waals surface area contributed by atoms with E-state index in [1.54, 1.807) is 0 Å². The monoisotopic (exact) mass is 548 g/mol. The van der Waals surface area contributed by atoms with Crippen molar-refractivity contribution < 1.29 is 9.47 Å². The van der Waals surface area contributed by atoms with Gasteiger partial charge in [0, 0.05) is 5.56 Å². The third-order valence-corrected chi connectivity index (χ3v) is 10.3. The second-order valence-electron chi connectivity index (χ2n) is 11.2. The molecule has 176 valence electrons. The van der Waals surface area contributed by atoms with E-state index in [0.717, 1.165) is 54.3 Å².